The Kier molecular flexibility index (Phi) is 4.04. The number of pyridine rings is 1. The van der Waals surface area contributed by atoms with Crippen molar-refractivity contribution in [3.05, 3.63) is 29.1 Å². The van der Waals surface area contributed by atoms with E-state index in [1.165, 1.54) is 6.07 Å². The Hall–Kier alpha value is -1.93. The van der Waals surface area contributed by atoms with Gasteiger partial charge in [0.15, 0.2) is 0 Å². The highest BCUT2D eigenvalue weighted by molar-refractivity contribution is 5.92. The molecule has 96 valence electrons. The molecular formula is C13H17N3O2. The van der Waals surface area contributed by atoms with Crippen LogP contribution < -0.4 is 5.32 Å². The number of carbonyl (C=O) groups excluding carboxylic acids is 1. The summed E-state index contributed by atoms with van der Waals surface area (Å²) in [6.07, 6.45) is -0.680. The first kappa shape index (κ1) is 14.1. The lowest BCUT2D eigenvalue weighted by molar-refractivity contribution is 0.0705. The highest BCUT2D eigenvalue weighted by atomic mass is 16.3. The zero-order chi connectivity index (χ0) is 13.9. The third kappa shape index (κ3) is 3.05. The van der Waals surface area contributed by atoms with Crippen LogP contribution in [0.1, 0.15) is 42.5 Å². The Bertz CT molecular complexity index is 501. The summed E-state index contributed by atoms with van der Waals surface area (Å²) < 4.78 is 0. The lowest BCUT2D eigenvalue weighted by Gasteiger charge is -2.29. The van der Waals surface area contributed by atoms with Crippen LogP contribution in [0, 0.1) is 18.3 Å². The van der Waals surface area contributed by atoms with Crippen molar-refractivity contribution in [1.29, 1.82) is 5.26 Å². The van der Waals surface area contributed by atoms with Crippen molar-refractivity contribution in [3.8, 4) is 6.07 Å². The van der Waals surface area contributed by atoms with E-state index in [-0.39, 0.29) is 11.6 Å². The fraction of sp³-hybridized carbons (Fsp3) is 0.462. The van der Waals surface area contributed by atoms with Crippen molar-refractivity contribution in [2.45, 2.75) is 39.3 Å². The SMILES string of the molecule is Cc1nc(C(=O)NC(C)(C)C(C)O)ccc1C#N. The molecule has 1 aromatic heterocycles. The van der Waals surface area contributed by atoms with Gasteiger partial charge in [0.1, 0.15) is 11.8 Å². The van der Waals surface area contributed by atoms with Gasteiger partial charge in [-0.25, -0.2) is 4.98 Å². The molecule has 1 atom stereocenters. The second-order valence-corrected chi connectivity index (χ2v) is 4.79. The Balaban J connectivity index is 2.93. The predicted molar refractivity (Wildman–Crippen MR) is 66.9 cm³/mol. The highest BCUT2D eigenvalue weighted by Crippen LogP contribution is 2.11. The van der Waals surface area contributed by atoms with Crippen LogP contribution in [0.2, 0.25) is 0 Å². The number of rotatable bonds is 3. The van der Waals surface area contributed by atoms with Gasteiger partial charge in [-0.15, -0.1) is 0 Å². The van der Waals surface area contributed by atoms with E-state index in [1.807, 2.05) is 6.07 Å². The molecule has 0 radical (unpaired) electrons. The van der Waals surface area contributed by atoms with Crippen LogP contribution >= 0.6 is 0 Å². The van der Waals surface area contributed by atoms with Gasteiger partial charge in [-0.3, -0.25) is 4.79 Å². The van der Waals surface area contributed by atoms with Gasteiger partial charge in [-0.1, -0.05) is 0 Å². The fourth-order valence-electron chi connectivity index (χ4n) is 1.27. The summed E-state index contributed by atoms with van der Waals surface area (Å²) in [5, 5.41) is 21.0. The van der Waals surface area contributed by atoms with E-state index >= 15 is 0 Å². The van der Waals surface area contributed by atoms with E-state index in [0.29, 0.717) is 11.3 Å². The molecule has 5 heteroatoms. The van der Waals surface area contributed by atoms with E-state index in [0.717, 1.165) is 0 Å². The van der Waals surface area contributed by atoms with Crippen LogP contribution in [0.5, 0.6) is 0 Å². The summed E-state index contributed by atoms with van der Waals surface area (Å²) in [5.74, 6) is -0.367. The van der Waals surface area contributed by atoms with Crippen molar-refractivity contribution in [1.82, 2.24) is 10.3 Å². The smallest absolute Gasteiger partial charge is 0.270 e. The molecule has 0 saturated carbocycles. The van der Waals surface area contributed by atoms with Gasteiger partial charge in [0.05, 0.1) is 22.9 Å². The Morgan fingerprint density at radius 1 is 1.56 bits per heavy atom. The van der Waals surface area contributed by atoms with Gasteiger partial charge in [-0.2, -0.15) is 5.26 Å². The topological polar surface area (TPSA) is 86.0 Å². The highest BCUT2D eigenvalue weighted by Gasteiger charge is 2.27. The maximum Gasteiger partial charge on any atom is 0.270 e. The summed E-state index contributed by atoms with van der Waals surface area (Å²) in [7, 11) is 0. The number of hydrogen-bond acceptors (Lipinski definition) is 4. The quantitative estimate of drug-likeness (QED) is 0.839. The van der Waals surface area contributed by atoms with Crippen molar-refractivity contribution in [3.63, 3.8) is 0 Å². The maximum absolute atomic E-state index is 11.9. The van der Waals surface area contributed by atoms with Crippen LogP contribution in [0.15, 0.2) is 12.1 Å². The number of aliphatic hydroxyl groups is 1. The largest absolute Gasteiger partial charge is 0.391 e. The molecule has 5 nitrogen and oxygen atoms in total. The average Bonchev–Trinajstić information content (AvgIpc) is 2.28. The number of carbonyl (C=O) groups is 1. The van der Waals surface area contributed by atoms with Crippen LogP contribution in [0.4, 0.5) is 0 Å². The number of nitrogens with one attached hydrogen (secondary N) is 1. The zero-order valence-corrected chi connectivity index (χ0v) is 11.0. The zero-order valence-electron chi connectivity index (χ0n) is 11.0. The molecule has 0 aliphatic rings. The van der Waals surface area contributed by atoms with Crippen molar-refractivity contribution >= 4 is 5.91 Å². The van der Waals surface area contributed by atoms with E-state index in [9.17, 15) is 9.90 Å². The molecule has 1 rings (SSSR count). The molecule has 1 heterocycles. The molecule has 0 bridgehead atoms. The second kappa shape index (κ2) is 5.15. The third-order valence-corrected chi connectivity index (χ3v) is 2.92. The molecule has 0 aliphatic carbocycles. The summed E-state index contributed by atoms with van der Waals surface area (Å²) in [6.45, 7) is 6.74. The number of hydrogen-bond donors (Lipinski definition) is 2. The average molecular weight is 247 g/mol. The standard InChI is InChI=1S/C13H17N3O2/c1-8-10(7-14)5-6-11(15-8)12(18)16-13(3,4)9(2)17/h5-6,9,17H,1-4H3,(H,16,18). The summed E-state index contributed by atoms with van der Waals surface area (Å²) in [5.41, 5.74) is 0.460. The lowest BCUT2D eigenvalue weighted by Crippen LogP contribution is -2.51. The number of aryl methyl sites for hydroxylation is 1. The molecule has 0 aliphatic heterocycles. The van der Waals surface area contributed by atoms with Gasteiger partial charge in [0.2, 0.25) is 0 Å². The minimum absolute atomic E-state index is 0.236. The Morgan fingerprint density at radius 2 is 2.17 bits per heavy atom. The summed E-state index contributed by atoms with van der Waals surface area (Å²) in [4.78, 5) is 16.0. The first-order chi connectivity index (χ1) is 8.27. The molecule has 0 saturated heterocycles. The molecule has 18 heavy (non-hydrogen) atoms. The van der Waals surface area contributed by atoms with E-state index in [1.54, 1.807) is 33.8 Å². The minimum Gasteiger partial charge on any atom is -0.391 e. The van der Waals surface area contributed by atoms with Gasteiger partial charge < -0.3 is 10.4 Å². The number of nitriles is 1. The van der Waals surface area contributed by atoms with E-state index in [2.05, 4.69) is 10.3 Å². The van der Waals surface area contributed by atoms with Gasteiger partial charge >= 0.3 is 0 Å². The molecular weight excluding hydrogens is 230 g/mol. The monoisotopic (exact) mass is 247 g/mol. The number of aliphatic hydroxyl groups excluding tert-OH is 1. The maximum atomic E-state index is 11.9. The first-order valence-electron chi connectivity index (χ1n) is 5.66. The summed E-state index contributed by atoms with van der Waals surface area (Å²) in [6, 6.07) is 5.05. The van der Waals surface area contributed by atoms with Crippen LogP contribution in [-0.4, -0.2) is 27.6 Å². The second-order valence-electron chi connectivity index (χ2n) is 4.79. The molecule has 1 amide bonds. The predicted octanol–water partition coefficient (Wildman–Crippen LogP) is 1.15. The summed E-state index contributed by atoms with van der Waals surface area (Å²) >= 11 is 0. The van der Waals surface area contributed by atoms with Gasteiger partial charge in [-0.05, 0) is 39.8 Å². The Morgan fingerprint density at radius 3 is 2.61 bits per heavy atom. The van der Waals surface area contributed by atoms with Crippen LogP contribution in [-0.2, 0) is 0 Å². The van der Waals surface area contributed by atoms with Crippen LogP contribution in [0.25, 0.3) is 0 Å². The van der Waals surface area contributed by atoms with Crippen molar-refractivity contribution in [2.75, 3.05) is 0 Å². The number of amides is 1. The van der Waals surface area contributed by atoms with E-state index < -0.39 is 11.6 Å². The van der Waals surface area contributed by atoms with Gasteiger partial charge in [0, 0.05) is 0 Å². The Labute approximate surface area is 106 Å². The molecule has 1 aromatic rings. The molecule has 0 aromatic carbocycles. The lowest BCUT2D eigenvalue weighted by atomic mass is 9.98. The van der Waals surface area contributed by atoms with Crippen molar-refractivity contribution in [2.24, 2.45) is 0 Å². The fourth-order valence-corrected chi connectivity index (χ4v) is 1.27. The van der Waals surface area contributed by atoms with Crippen LogP contribution in [0.3, 0.4) is 0 Å². The third-order valence-electron chi connectivity index (χ3n) is 2.92. The molecule has 0 fully saturated rings. The van der Waals surface area contributed by atoms with Gasteiger partial charge in [0.25, 0.3) is 5.91 Å². The normalized spacial score (nSPS) is 12.7. The first-order valence-corrected chi connectivity index (χ1v) is 5.66. The minimum atomic E-state index is -0.736. The van der Waals surface area contributed by atoms with E-state index in [4.69, 9.17) is 5.26 Å². The molecule has 1 unspecified atom stereocenters. The number of aromatic nitrogens is 1. The van der Waals surface area contributed by atoms with Crippen molar-refractivity contribution < 1.29 is 9.90 Å². The molecule has 2 N–H and O–H groups in total. The number of nitrogens with zero attached hydrogens (tertiary/aromatic N) is 2. The molecule has 0 spiro atoms.